The fourth-order valence-corrected chi connectivity index (χ4v) is 3.46. The van der Waals surface area contributed by atoms with Crippen LogP contribution in [0.4, 0.5) is 17.8 Å². The summed E-state index contributed by atoms with van der Waals surface area (Å²) in [5.41, 5.74) is 0. The van der Waals surface area contributed by atoms with Gasteiger partial charge < -0.3 is 15.1 Å². The molecule has 0 bridgehead atoms. The largest absolute Gasteiger partial charge is 0.354 e. The van der Waals surface area contributed by atoms with E-state index in [9.17, 15) is 0 Å². The van der Waals surface area contributed by atoms with Gasteiger partial charge in [-0.1, -0.05) is 0 Å². The molecule has 110 valence electrons. The Morgan fingerprint density at radius 3 is 2.15 bits per heavy atom. The van der Waals surface area contributed by atoms with Gasteiger partial charge in [-0.15, -0.1) is 0 Å². The molecule has 0 unspecified atom stereocenters. The summed E-state index contributed by atoms with van der Waals surface area (Å²) in [6, 6.07) is 0. The molecule has 0 amide bonds. The van der Waals surface area contributed by atoms with Gasteiger partial charge in [0, 0.05) is 44.2 Å². The highest BCUT2D eigenvalue weighted by Gasteiger charge is 2.20. The molecule has 7 heteroatoms. The average Bonchev–Trinajstić information content (AvgIpc) is 3.02. The van der Waals surface area contributed by atoms with Crippen LogP contribution in [-0.2, 0) is 0 Å². The molecule has 3 rings (SSSR count). The van der Waals surface area contributed by atoms with Crippen molar-refractivity contribution in [1.82, 2.24) is 15.0 Å². The highest BCUT2D eigenvalue weighted by atomic mass is 32.2. The minimum atomic E-state index is 0.706. The third-order valence-corrected chi connectivity index (χ3v) is 4.57. The molecule has 0 saturated carbocycles. The molecule has 3 heterocycles. The lowest BCUT2D eigenvalue weighted by atomic mass is 10.4. The third-order valence-electron chi connectivity index (χ3n) is 3.63. The van der Waals surface area contributed by atoms with Crippen LogP contribution in [0.25, 0.3) is 0 Å². The van der Waals surface area contributed by atoms with Crippen LogP contribution in [0, 0.1) is 0 Å². The van der Waals surface area contributed by atoms with Crippen LogP contribution in [0.2, 0.25) is 0 Å². The fraction of sp³-hybridized carbons (Fsp3) is 0.769. The van der Waals surface area contributed by atoms with E-state index in [-0.39, 0.29) is 0 Å². The molecule has 1 aromatic heterocycles. The molecule has 0 aromatic carbocycles. The number of anilines is 3. The first kappa shape index (κ1) is 13.7. The van der Waals surface area contributed by atoms with E-state index >= 15 is 0 Å². The lowest BCUT2D eigenvalue weighted by Crippen LogP contribution is -2.34. The van der Waals surface area contributed by atoms with Crippen molar-refractivity contribution in [2.75, 3.05) is 59.3 Å². The van der Waals surface area contributed by atoms with E-state index in [1.807, 2.05) is 11.8 Å². The van der Waals surface area contributed by atoms with Crippen molar-refractivity contribution in [3.8, 4) is 0 Å². The Labute approximate surface area is 124 Å². The summed E-state index contributed by atoms with van der Waals surface area (Å²) < 4.78 is 0. The Morgan fingerprint density at radius 2 is 1.55 bits per heavy atom. The van der Waals surface area contributed by atoms with Gasteiger partial charge >= 0.3 is 0 Å². The SMILES string of the molecule is CCNc1nc(N2CCCC2)nc(N2CCSCC2)n1. The quantitative estimate of drug-likeness (QED) is 0.902. The van der Waals surface area contributed by atoms with Crippen molar-refractivity contribution in [3.05, 3.63) is 0 Å². The van der Waals surface area contributed by atoms with Crippen molar-refractivity contribution in [2.45, 2.75) is 19.8 Å². The summed E-state index contributed by atoms with van der Waals surface area (Å²) in [6.45, 7) is 7.07. The lowest BCUT2D eigenvalue weighted by Gasteiger charge is -2.27. The number of thioether (sulfide) groups is 1. The minimum absolute atomic E-state index is 0.706. The van der Waals surface area contributed by atoms with Crippen molar-refractivity contribution in [3.63, 3.8) is 0 Å². The number of hydrogen-bond acceptors (Lipinski definition) is 7. The topological polar surface area (TPSA) is 57.2 Å². The van der Waals surface area contributed by atoms with E-state index in [1.165, 1.54) is 12.8 Å². The molecule has 2 aliphatic rings. The van der Waals surface area contributed by atoms with Crippen molar-refractivity contribution < 1.29 is 0 Å². The Kier molecular flexibility index (Phi) is 4.44. The van der Waals surface area contributed by atoms with Crippen LogP contribution in [0.15, 0.2) is 0 Å². The fourth-order valence-electron chi connectivity index (χ4n) is 2.55. The van der Waals surface area contributed by atoms with Gasteiger partial charge in [0.15, 0.2) is 0 Å². The molecule has 20 heavy (non-hydrogen) atoms. The monoisotopic (exact) mass is 294 g/mol. The zero-order chi connectivity index (χ0) is 13.8. The molecular formula is C13H22N6S. The smallest absolute Gasteiger partial charge is 0.232 e. The first-order valence-corrected chi connectivity index (χ1v) is 8.60. The Morgan fingerprint density at radius 1 is 0.950 bits per heavy atom. The Balaban J connectivity index is 1.86. The molecule has 0 spiro atoms. The van der Waals surface area contributed by atoms with Gasteiger partial charge in [0.25, 0.3) is 0 Å². The van der Waals surface area contributed by atoms with Gasteiger partial charge in [-0.05, 0) is 19.8 Å². The summed E-state index contributed by atoms with van der Waals surface area (Å²) >= 11 is 2.00. The van der Waals surface area contributed by atoms with Gasteiger partial charge in [-0.2, -0.15) is 26.7 Å². The number of rotatable bonds is 4. The van der Waals surface area contributed by atoms with Crippen LogP contribution >= 0.6 is 11.8 Å². The maximum absolute atomic E-state index is 4.70. The summed E-state index contributed by atoms with van der Waals surface area (Å²) in [5, 5.41) is 3.23. The maximum Gasteiger partial charge on any atom is 0.232 e. The highest BCUT2D eigenvalue weighted by molar-refractivity contribution is 7.99. The normalized spacial score (nSPS) is 19.4. The molecule has 2 aliphatic heterocycles. The summed E-state index contributed by atoms with van der Waals surface area (Å²) in [4.78, 5) is 18.4. The molecule has 0 atom stereocenters. The molecule has 2 saturated heterocycles. The predicted octanol–water partition coefficient (Wildman–Crippen LogP) is 1.46. The van der Waals surface area contributed by atoms with Crippen LogP contribution in [0.5, 0.6) is 0 Å². The zero-order valence-corrected chi connectivity index (χ0v) is 12.8. The number of aromatic nitrogens is 3. The molecule has 0 aliphatic carbocycles. The standard InChI is InChI=1S/C13H22N6S/c1-2-14-11-15-12(18-5-3-4-6-18)17-13(16-11)19-7-9-20-10-8-19/h2-10H2,1H3,(H,14,15,16,17). The minimum Gasteiger partial charge on any atom is -0.354 e. The van der Waals surface area contributed by atoms with E-state index in [0.717, 1.165) is 56.1 Å². The highest BCUT2D eigenvalue weighted by Crippen LogP contribution is 2.22. The Bertz CT molecular complexity index is 442. The van der Waals surface area contributed by atoms with E-state index in [2.05, 4.69) is 32.0 Å². The first-order chi connectivity index (χ1) is 9.86. The van der Waals surface area contributed by atoms with Crippen molar-refractivity contribution in [2.24, 2.45) is 0 Å². The number of nitrogens with one attached hydrogen (secondary N) is 1. The van der Waals surface area contributed by atoms with Crippen molar-refractivity contribution >= 4 is 29.6 Å². The Hall–Kier alpha value is -1.24. The van der Waals surface area contributed by atoms with Gasteiger partial charge in [0.05, 0.1) is 0 Å². The van der Waals surface area contributed by atoms with E-state index in [0.29, 0.717) is 5.95 Å². The average molecular weight is 294 g/mol. The van der Waals surface area contributed by atoms with Gasteiger partial charge in [0.2, 0.25) is 17.8 Å². The maximum atomic E-state index is 4.70. The third kappa shape index (κ3) is 3.08. The van der Waals surface area contributed by atoms with E-state index < -0.39 is 0 Å². The van der Waals surface area contributed by atoms with Gasteiger partial charge in [-0.25, -0.2) is 0 Å². The predicted molar refractivity (Wildman–Crippen MR) is 85.0 cm³/mol. The molecule has 0 radical (unpaired) electrons. The van der Waals surface area contributed by atoms with Crippen LogP contribution in [0.1, 0.15) is 19.8 Å². The summed E-state index contributed by atoms with van der Waals surface area (Å²) in [6.07, 6.45) is 2.47. The number of nitrogens with zero attached hydrogens (tertiary/aromatic N) is 5. The van der Waals surface area contributed by atoms with E-state index in [1.54, 1.807) is 0 Å². The lowest BCUT2D eigenvalue weighted by molar-refractivity contribution is 0.792. The summed E-state index contributed by atoms with van der Waals surface area (Å²) in [7, 11) is 0. The van der Waals surface area contributed by atoms with Gasteiger partial charge in [0.1, 0.15) is 0 Å². The molecule has 2 fully saturated rings. The molecular weight excluding hydrogens is 272 g/mol. The van der Waals surface area contributed by atoms with Crippen LogP contribution in [0.3, 0.4) is 0 Å². The first-order valence-electron chi connectivity index (χ1n) is 7.44. The second-order valence-electron chi connectivity index (χ2n) is 5.08. The second kappa shape index (κ2) is 6.47. The number of hydrogen-bond donors (Lipinski definition) is 1. The van der Waals surface area contributed by atoms with E-state index in [4.69, 9.17) is 4.98 Å². The summed E-state index contributed by atoms with van der Waals surface area (Å²) in [5.74, 6) is 4.68. The molecule has 6 nitrogen and oxygen atoms in total. The van der Waals surface area contributed by atoms with Crippen LogP contribution < -0.4 is 15.1 Å². The van der Waals surface area contributed by atoms with Gasteiger partial charge in [-0.3, -0.25) is 0 Å². The van der Waals surface area contributed by atoms with Crippen molar-refractivity contribution in [1.29, 1.82) is 0 Å². The zero-order valence-electron chi connectivity index (χ0n) is 12.0. The second-order valence-corrected chi connectivity index (χ2v) is 6.31. The molecule has 1 N–H and O–H groups in total. The van der Waals surface area contributed by atoms with Crippen LogP contribution in [-0.4, -0.2) is 59.2 Å². The molecule has 1 aromatic rings.